The van der Waals surface area contributed by atoms with E-state index in [1.807, 2.05) is 0 Å². The molecule has 0 aliphatic heterocycles. The number of benzene rings is 1. The zero-order valence-corrected chi connectivity index (χ0v) is 12.5. The average Bonchev–Trinajstić information content (AvgIpc) is 2.93. The monoisotopic (exact) mass is 319 g/mol. The summed E-state index contributed by atoms with van der Waals surface area (Å²) in [7, 11) is 0. The number of unbranched alkanes of at least 4 members (excludes halogenated alkanes) is 2. The maximum absolute atomic E-state index is 5.51. The molecule has 0 bridgehead atoms. The Labute approximate surface area is 121 Å². The largest absolute Gasteiger partial charge is 0.345 e. The van der Waals surface area contributed by atoms with Crippen LogP contribution in [0.25, 0.3) is 11.3 Å². The Morgan fingerprint density at radius 1 is 1.26 bits per heavy atom. The van der Waals surface area contributed by atoms with Crippen molar-refractivity contribution in [1.29, 1.82) is 0 Å². The van der Waals surface area contributed by atoms with Crippen LogP contribution in [0.1, 0.15) is 36.3 Å². The summed E-state index contributed by atoms with van der Waals surface area (Å²) in [5, 5.41) is 0. The molecule has 0 unspecified atom stereocenters. The van der Waals surface area contributed by atoms with Gasteiger partial charge in [0.2, 0.25) is 0 Å². The number of hydrogen-bond acceptors (Lipinski definition) is 2. The van der Waals surface area contributed by atoms with E-state index < -0.39 is 0 Å². The van der Waals surface area contributed by atoms with E-state index in [-0.39, 0.29) is 0 Å². The lowest BCUT2D eigenvalue weighted by molar-refractivity contribution is 0.672. The first-order chi connectivity index (χ1) is 9.29. The predicted molar refractivity (Wildman–Crippen MR) is 81.1 cm³/mol. The Morgan fingerprint density at radius 3 is 3.00 bits per heavy atom. The second-order valence-corrected chi connectivity index (χ2v) is 5.91. The summed E-state index contributed by atoms with van der Waals surface area (Å²) in [4.78, 5) is 8.24. The summed E-state index contributed by atoms with van der Waals surface area (Å²) in [6, 6.07) is 6.33. The van der Waals surface area contributed by atoms with Gasteiger partial charge >= 0.3 is 0 Å². The molecule has 0 saturated heterocycles. The highest BCUT2D eigenvalue weighted by atomic mass is 79.9. The van der Waals surface area contributed by atoms with Gasteiger partial charge in [0.15, 0.2) is 0 Å². The van der Waals surface area contributed by atoms with Crippen LogP contribution in [-0.4, -0.2) is 16.5 Å². The molecule has 2 aromatic rings. The minimum absolute atomic E-state index is 0.788. The molecule has 1 aliphatic rings. The summed E-state index contributed by atoms with van der Waals surface area (Å²) in [5.74, 6) is 1.12. The van der Waals surface area contributed by atoms with Gasteiger partial charge in [-0.2, -0.15) is 0 Å². The molecule has 1 aromatic heterocycles. The van der Waals surface area contributed by atoms with Crippen LogP contribution < -0.4 is 5.73 Å². The molecule has 100 valence electrons. The molecule has 0 amide bonds. The topological polar surface area (TPSA) is 54.7 Å². The van der Waals surface area contributed by atoms with Crippen LogP contribution in [0, 0.1) is 0 Å². The molecule has 0 atom stereocenters. The maximum Gasteiger partial charge on any atom is 0.107 e. The summed E-state index contributed by atoms with van der Waals surface area (Å²) in [6.45, 7) is 0.788. The summed E-state index contributed by atoms with van der Waals surface area (Å²) in [5.41, 5.74) is 10.5. The van der Waals surface area contributed by atoms with E-state index in [2.05, 4.69) is 39.1 Å². The van der Waals surface area contributed by atoms with Gasteiger partial charge in [0.1, 0.15) is 5.82 Å². The number of nitrogens with one attached hydrogen (secondary N) is 1. The van der Waals surface area contributed by atoms with Gasteiger partial charge in [0.05, 0.1) is 5.69 Å². The van der Waals surface area contributed by atoms with E-state index in [0.29, 0.717) is 0 Å². The fourth-order valence-electron chi connectivity index (χ4n) is 2.68. The molecule has 1 aliphatic carbocycles. The fourth-order valence-corrected chi connectivity index (χ4v) is 3.19. The minimum Gasteiger partial charge on any atom is -0.345 e. The highest BCUT2D eigenvalue weighted by Gasteiger charge is 2.23. The number of nitrogens with zero attached hydrogens (tertiary/aromatic N) is 1. The number of nitrogens with two attached hydrogens (primary N) is 1. The van der Waals surface area contributed by atoms with Crippen LogP contribution in [0.3, 0.4) is 0 Å². The van der Waals surface area contributed by atoms with Gasteiger partial charge in [-0.15, -0.1) is 0 Å². The molecule has 3 nitrogen and oxygen atoms in total. The molecular weight excluding hydrogens is 302 g/mol. The number of aromatic amines is 1. The van der Waals surface area contributed by atoms with E-state index in [0.717, 1.165) is 43.7 Å². The summed E-state index contributed by atoms with van der Waals surface area (Å²) in [6.07, 6.45) is 5.44. The third-order valence-electron chi connectivity index (χ3n) is 3.67. The van der Waals surface area contributed by atoms with E-state index in [1.165, 1.54) is 27.7 Å². The molecule has 0 fully saturated rings. The van der Waals surface area contributed by atoms with Crippen molar-refractivity contribution in [3.05, 3.63) is 39.8 Å². The Balaban J connectivity index is 1.76. The Bertz CT molecular complexity index is 589. The lowest BCUT2D eigenvalue weighted by atomic mass is 10.1. The van der Waals surface area contributed by atoms with Gasteiger partial charge in [-0.05, 0) is 31.0 Å². The molecule has 4 heteroatoms. The van der Waals surface area contributed by atoms with Crippen LogP contribution in [0.4, 0.5) is 0 Å². The van der Waals surface area contributed by atoms with Crippen LogP contribution in [0.15, 0.2) is 22.7 Å². The van der Waals surface area contributed by atoms with Gasteiger partial charge in [0, 0.05) is 28.6 Å². The zero-order chi connectivity index (χ0) is 13.2. The smallest absolute Gasteiger partial charge is 0.107 e. The SMILES string of the molecule is NCCCCCc1nc2c([nH]1)Cc1c(Br)cccc1-2. The number of imidazole rings is 1. The molecule has 19 heavy (non-hydrogen) atoms. The van der Waals surface area contributed by atoms with Crippen LogP contribution in [-0.2, 0) is 12.8 Å². The van der Waals surface area contributed by atoms with Gasteiger partial charge in [0.25, 0.3) is 0 Å². The first-order valence-electron chi connectivity index (χ1n) is 6.85. The van der Waals surface area contributed by atoms with Gasteiger partial charge in [-0.1, -0.05) is 34.5 Å². The standard InChI is InChI=1S/C15H18BrN3/c16-12-6-4-5-10-11(12)9-13-15(10)19-14(18-13)7-2-1-3-8-17/h4-6H,1-3,7-9,17H2,(H,18,19). The number of H-pyrrole nitrogens is 1. The van der Waals surface area contributed by atoms with E-state index in [9.17, 15) is 0 Å². The Morgan fingerprint density at radius 2 is 2.16 bits per heavy atom. The van der Waals surface area contributed by atoms with Gasteiger partial charge in [-0.3, -0.25) is 0 Å². The second-order valence-electron chi connectivity index (χ2n) is 5.05. The van der Waals surface area contributed by atoms with Crippen molar-refractivity contribution in [2.45, 2.75) is 32.1 Å². The molecule has 0 radical (unpaired) electrons. The lowest BCUT2D eigenvalue weighted by Crippen LogP contribution is -1.99. The third-order valence-corrected chi connectivity index (χ3v) is 4.42. The number of fused-ring (bicyclic) bond motifs is 3. The summed E-state index contributed by atoms with van der Waals surface area (Å²) < 4.78 is 1.18. The fraction of sp³-hybridized carbons (Fsp3) is 0.400. The van der Waals surface area contributed by atoms with Crippen molar-refractivity contribution < 1.29 is 0 Å². The van der Waals surface area contributed by atoms with Crippen molar-refractivity contribution >= 4 is 15.9 Å². The third kappa shape index (κ3) is 2.47. The van der Waals surface area contributed by atoms with Crippen LogP contribution in [0.2, 0.25) is 0 Å². The predicted octanol–water partition coefficient (Wildman–Crippen LogP) is 3.41. The van der Waals surface area contributed by atoms with Crippen molar-refractivity contribution in [3.63, 3.8) is 0 Å². The van der Waals surface area contributed by atoms with Crippen molar-refractivity contribution in [2.24, 2.45) is 5.73 Å². The Hall–Kier alpha value is -1.13. The number of aryl methyl sites for hydroxylation is 1. The van der Waals surface area contributed by atoms with Gasteiger partial charge in [-0.25, -0.2) is 4.98 Å². The molecule has 1 heterocycles. The van der Waals surface area contributed by atoms with E-state index in [4.69, 9.17) is 10.7 Å². The highest BCUT2D eigenvalue weighted by Crippen LogP contribution is 2.38. The number of aromatic nitrogens is 2. The average molecular weight is 320 g/mol. The molecule has 3 N–H and O–H groups in total. The second kappa shape index (κ2) is 5.47. The number of rotatable bonds is 5. The molecule has 3 rings (SSSR count). The zero-order valence-electron chi connectivity index (χ0n) is 10.9. The first kappa shape index (κ1) is 12.9. The first-order valence-corrected chi connectivity index (χ1v) is 7.64. The van der Waals surface area contributed by atoms with Crippen LogP contribution >= 0.6 is 15.9 Å². The molecular formula is C15H18BrN3. The lowest BCUT2D eigenvalue weighted by Gasteiger charge is -2.02. The van der Waals surface area contributed by atoms with Crippen molar-refractivity contribution in [2.75, 3.05) is 6.54 Å². The number of halogens is 1. The van der Waals surface area contributed by atoms with E-state index in [1.54, 1.807) is 0 Å². The molecule has 1 aromatic carbocycles. The van der Waals surface area contributed by atoms with Crippen LogP contribution in [0.5, 0.6) is 0 Å². The number of hydrogen-bond donors (Lipinski definition) is 2. The minimum atomic E-state index is 0.788. The van der Waals surface area contributed by atoms with Crippen molar-refractivity contribution in [3.8, 4) is 11.3 Å². The van der Waals surface area contributed by atoms with Gasteiger partial charge < -0.3 is 10.7 Å². The highest BCUT2D eigenvalue weighted by molar-refractivity contribution is 9.10. The summed E-state index contributed by atoms with van der Waals surface area (Å²) >= 11 is 3.62. The quantitative estimate of drug-likeness (QED) is 0.708. The van der Waals surface area contributed by atoms with E-state index >= 15 is 0 Å². The van der Waals surface area contributed by atoms with Crippen molar-refractivity contribution in [1.82, 2.24) is 9.97 Å². The molecule has 0 saturated carbocycles. The molecule has 0 spiro atoms. The maximum atomic E-state index is 5.51. The normalized spacial score (nSPS) is 12.5. The Kier molecular flexibility index (Phi) is 3.71.